The van der Waals surface area contributed by atoms with Gasteiger partial charge in [-0.2, -0.15) is 0 Å². The van der Waals surface area contributed by atoms with Crippen molar-refractivity contribution in [1.29, 1.82) is 0 Å². The lowest BCUT2D eigenvalue weighted by atomic mass is 10.1. The molecule has 0 saturated carbocycles. The van der Waals surface area contributed by atoms with Gasteiger partial charge in [-0.05, 0) is 30.2 Å². The topological polar surface area (TPSA) is 68.1 Å². The Morgan fingerprint density at radius 1 is 1.10 bits per heavy atom. The summed E-state index contributed by atoms with van der Waals surface area (Å²) in [6.07, 6.45) is 2.27. The van der Waals surface area contributed by atoms with Crippen molar-refractivity contribution in [3.05, 3.63) is 66.4 Å². The van der Waals surface area contributed by atoms with Gasteiger partial charge in [0.25, 0.3) is 0 Å². The van der Waals surface area contributed by atoms with E-state index < -0.39 is 12.0 Å². The Morgan fingerprint density at radius 3 is 2.71 bits per heavy atom. The molecule has 4 nitrogen and oxygen atoms in total. The van der Waals surface area contributed by atoms with Crippen LogP contribution in [-0.4, -0.2) is 17.0 Å². The third kappa shape index (κ3) is 2.95. The molecule has 3 aromatic rings. The third-order valence-corrected chi connectivity index (χ3v) is 3.37. The van der Waals surface area contributed by atoms with Crippen LogP contribution in [0.5, 0.6) is 5.75 Å². The predicted octanol–water partition coefficient (Wildman–Crippen LogP) is 2.64. The Hall–Kier alpha value is -2.59. The van der Waals surface area contributed by atoms with Gasteiger partial charge in [0.2, 0.25) is 0 Å². The zero-order valence-corrected chi connectivity index (χ0v) is 11.5. The van der Waals surface area contributed by atoms with E-state index in [-0.39, 0.29) is 0 Å². The molecule has 1 heterocycles. The van der Waals surface area contributed by atoms with E-state index in [0.717, 1.165) is 16.5 Å². The summed E-state index contributed by atoms with van der Waals surface area (Å²) < 4.78 is 5.44. The van der Waals surface area contributed by atoms with E-state index in [1.165, 1.54) is 0 Å². The second-order valence-corrected chi connectivity index (χ2v) is 4.91. The monoisotopic (exact) mass is 280 g/mol. The minimum Gasteiger partial charge on any atom is -0.425 e. The molecule has 0 amide bonds. The lowest BCUT2D eigenvalue weighted by Crippen LogP contribution is -2.36. The number of H-pyrrole nitrogens is 1. The van der Waals surface area contributed by atoms with Crippen molar-refractivity contribution in [2.75, 3.05) is 0 Å². The highest BCUT2D eigenvalue weighted by Crippen LogP contribution is 2.24. The average Bonchev–Trinajstić information content (AvgIpc) is 2.98. The first-order valence-electron chi connectivity index (χ1n) is 6.81. The molecule has 4 heteroatoms. The molecule has 0 spiro atoms. The van der Waals surface area contributed by atoms with E-state index in [0.29, 0.717) is 12.2 Å². The molecule has 3 rings (SSSR count). The maximum atomic E-state index is 12.1. The van der Waals surface area contributed by atoms with Crippen molar-refractivity contribution in [3.63, 3.8) is 0 Å². The fourth-order valence-electron chi connectivity index (χ4n) is 2.28. The van der Waals surface area contributed by atoms with Crippen molar-refractivity contribution in [1.82, 2.24) is 4.98 Å². The van der Waals surface area contributed by atoms with Crippen LogP contribution >= 0.6 is 0 Å². The zero-order chi connectivity index (χ0) is 14.7. The highest BCUT2D eigenvalue weighted by atomic mass is 16.5. The second-order valence-electron chi connectivity index (χ2n) is 4.91. The summed E-state index contributed by atoms with van der Waals surface area (Å²) in [5.41, 5.74) is 7.88. The summed E-state index contributed by atoms with van der Waals surface area (Å²) in [5, 5.41) is 0.873. The number of nitrogens with one attached hydrogen (secondary N) is 1. The molecule has 0 unspecified atom stereocenters. The zero-order valence-electron chi connectivity index (χ0n) is 11.5. The molecule has 0 aliphatic rings. The Kier molecular flexibility index (Phi) is 3.71. The molecule has 1 aromatic heterocycles. The lowest BCUT2D eigenvalue weighted by Gasteiger charge is -2.12. The molecular weight excluding hydrogens is 264 g/mol. The molecule has 0 bridgehead atoms. The summed E-state index contributed by atoms with van der Waals surface area (Å²) in [7, 11) is 0. The minimum absolute atomic E-state index is 0.424. The third-order valence-electron chi connectivity index (χ3n) is 3.37. The molecule has 2 aromatic carbocycles. The molecule has 0 aliphatic heterocycles. The van der Waals surface area contributed by atoms with Gasteiger partial charge in [0.05, 0.1) is 0 Å². The molecule has 0 aliphatic carbocycles. The Morgan fingerprint density at radius 2 is 1.90 bits per heavy atom. The van der Waals surface area contributed by atoms with E-state index >= 15 is 0 Å². The number of fused-ring (bicyclic) bond motifs is 1. The highest BCUT2D eigenvalue weighted by molar-refractivity contribution is 5.89. The quantitative estimate of drug-likeness (QED) is 0.570. The van der Waals surface area contributed by atoms with Gasteiger partial charge in [0, 0.05) is 17.1 Å². The van der Waals surface area contributed by atoms with Crippen LogP contribution in [0, 0.1) is 0 Å². The first-order valence-corrected chi connectivity index (χ1v) is 6.81. The van der Waals surface area contributed by atoms with Crippen LogP contribution < -0.4 is 10.5 Å². The van der Waals surface area contributed by atoms with E-state index in [9.17, 15) is 4.79 Å². The number of esters is 1. The van der Waals surface area contributed by atoms with Gasteiger partial charge < -0.3 is 15.5 Å². The summed E-state index contributed by atoms with van der Waals surface area (Å²) in [6.45, 7) is 0. The van der Waals surface area contributed by atoms with Crippen LogP contribution in [0.2, 0.25) is 0 Å². The van der Waals surface area contributed by atoms with E-state index in [1.807, 2.05) is 54.7 Å². The number of carbonyl (C=O) groups excluding carboxylic acids is 1. The van der Waals surface area contributed by atoms with Crippen molar-refractivity contribution in [2.45, 2.75) is 12.5 Å². The van der Waals surface area contributed by atoms with Crippen molar-refractivity contribution in [2.24, 2.45) is 5.73 Å². The van der Waals surface area contributed by atoms with Gasteiger partial charge in [-0.15, -0.1) is 0 Å². The predicted molar refractivity (Wildman–Crippen MR) is 82.1 cm³/mol. The second kappa shape index (κ2) is 5.81. The summed E-state index contributed by atoms with van der Waals surface area (Å²) in [6, 6.07) is 16.4. The van der Waals surface area contributed by atoms with Gasteiger partial charge in [0.15, 0.2) is 0 Å². The molecule has 106 valence electrons. The van der Waals surface area contributed by atoms with E-state index in [1.54, 1.807) is 6.07 Å². The fourth-order valence-corrected chi connectivity index (χ4v) is 2.28. The Labute approximate surface area is 122 Å². The van der Waals surface area contributed by atoms with Crippen LogP contribution in [0.1, 0.15) is 5.56 Å². The van der Waals surface area contributed by atoms with Crippen molar-refractivity contribution in [3.8, 4) is 5.75 Å². The number of aromatic nitrogens is 1. The normalized spacial score (nSPS) is 12.2. The highest BCUT2D eigenvalue weighted by Gasteiger charge is 2.17. The van der Waals surface area contributed by atoms with Gasteiger partial charge in [-0.1, -0.05) is 36.4 Å². The van der Waals surface area contributed by atoms with Crippen LogP contribution in [0.4, 0.5) is 0 Å². The maximum absolute atomic E-state index is 12.1. The molecule has 0 saturated heterocycles. The van der Waals surface area contributed by atoms with Crippen LogP contribution in [0.25, 0.3) is 10.9 Å². The smallest absolute Gasteiger partial charge is 0.328 e. The molecule has 21 heavy (non-hydrogen) atoms. The SMILES string of the molecule is N[C@@H](Cc1ccccc1)C(=O)Oc1cccc2[nH]ccc12. The number of aromatic amines is 1. The number of hydrogen-bond acceptors (Lipinski definition) is 3. The molecule has 1 atom stereocenters. The maximum Gasteiger partial charge on any atom is 0.328 e. The van der Waals surface area contributed by atoms with Gasteiger partial charge >= 0.3 is 5.97 Å². The van der Waals surface area contributed by atoms with Crippen LogP contribution in [-0.2, 0) is 11.2 Å². The van der Waals surface area contributed by atoms with Crippen LogP contribution in [0.3, 0.4) is 0 Å². The first-order chi connectivity index (χ1) is 10.2. The summed E-state index contributed by atoms with van der Waals surface area (Å²) in [4.78, 5) is 15.2. The van der Waals surface area contributed by atoms with Crippen LogP contribution in [0.15, 0.2) is 60.8 Å². The number of rotatable bonds is 4. The lowest BCUT2D eigenvalue weighted by molar-refractivity contribution is -0.135. The Balaban J connectivity index is 1.72. The fraction of sp³-hybridized carbons (Fsp3) is 0.118. The summed E-state index contributed by atoms with van der Waals surface area (Å²) in [5.74, 6) is 0.106. The van der Waals surface area contributed by atoms with E-state index in [4.69, 9.17) is 10.5 Å². The molecule has 0 radical (unpaired) electrons. The number of ether oxygens (including phenoxy) is 1. The minimum atomic E-state index is -0.679. The molecular formula is C17H16N2O2. The summed E-state index contributed by atoms with van der Waals surface area (Å²) >= 11 is 0. The number of hydrogen-bond donors (Lipinski definition) is 2. The number of nitrogens with two attached hydrogens (primary N) is 1. The molecule has 3 N–H and O–H groups in total. The largest absolute Gasteiger partial charge is 0.425 e. The first kappa shape index (κ1) is 13.4. The number of carbonyl (C=O) groups is 1. The van der Waals surface area contributed by atoms with E-state index in [2.05, 4.69) is 4.98 Å². The van der Waals surface area contributed by atoms with Gasteiger partial charge in [-0.25, -0.2) is 4.79 Å². The van der Waals surface area contributed by atoms with Gasteiger partial charge in [-0.3, -0.25) is 0 Å². The average molecular weight is 280 g/mol. The van der Waals surface area contributed by atoms with Crippen molar-refractivity contribution >= 4 is 16.9 Å². The number of benzene rings is 2. The Bertz CT molecular complexity index is 750. The molecule has 0 fully saturated rings. The standard InChI is InChI=1S/C17H16N2O2/c18-14(11-12-5-2-1-3-6-12)17(20)21-16-8-4-7-15-13(16)9-10-19-15/h1-10,14,19H,11,18H2/t14-/m0/s1. The van der Waals surface area contributed by atoms with Crippen molar-refractivity contribution < 1.29 is 9.53 Å². The van der Waals surface area contributed by atoms with Gasteiger partial charge in [0.1, 0.15) is 11.8 Å².